The van der Waals surface area contributed by atoms with Gasteiger partial charge in [-0.15, -0.1) is 0 Å². The van der Waals surface area contributed by atoms with Crippen molar-refractivity contribution in [1.82, 2.24) is 0 Å². The highest BCUT2D eigenvalue weighted by Crippen LogP contribution is 2.22. The molecule has 3 aromatic rings. The van der Waals surface area contributed by atoms with Gasteiger partial charge in [0.2, 0.25) is 0 Å². The first kappa shape index (κ1) is 22.8. The average Bonchev–Trinajstić information content (AvgIpc) is 2.78. The lowest BCUT2D eigenvalue weighted by Crippen LogP contribution is -2.15. The van der Waals surface area contributed by atoms with Crippen LogP contribution in [0.4, 0.5) is 5.69 Å². The lowest BCUT2D eigenvalue weighted by atomic mass is 10.1. The van der Waals surface area contributed by atoms with E-state index in [0.29, 0.717) is 12.4 Å². The molecule has 0 unspecified atom stereocenters. The third-order valence-corrected chi connectivity index (χ3v) is 5.72. The van der Waals surface area contributed by atoms with Gasteiger partial charge in [-0.05, 0) is 55.0 Å². The van der Waals surface area contributed by atoms with Gasteiger partial charge in [-0.1, -0.05) is 30.3 Å². The molecule has 0 aliphatic heterocycles. The van der Waals surface area contributed by atoms with Gasteiger partial charge in [0.05, 0.1) is 28.3 Å². The summed E-state index contributed by atoms with van der Waals surface area (Å²) in [5.74, 6) is -1.57. The van der Waals surface area contributed by atoms with E-state index < -0.39 is 22.0 Å². The molecule has 0 atom stereocenters. The number of rotatable bonds is 9. The molecule has 0 aliphatic rings. The fourth-order valence-corrected chi connectivity index (χ4v) is 3.85. The van der Waals surface area contributed by atoms with Crippen LogP contribution in [0.1, 0.15) is 33.2 Å². The highest BCUT2D eigenvalue weighted by molar-refractivity contribution is 7.92. The van der Waals surface area contributed by atoms with Crippen LogP contribution in [-0.4, -0.2) is 32.1 Å². The minimum atomic E-state index is -4.05. The lowest BCUT2D eigenvalue weighted by Gasteiger charge is -2.12. The standard InChI is InChI=1S/C23H21NO7S/c1-2-30-23(27)18-12-17(22(25)26)13-19(14-18)24-32(28,29)21-10-8-20(9-11-21)31-15-16-6-4-3-5-7-16/h3-14,24H,2,15H2,1H3,(H,25,26). The van der Waals surface area contributed by atoms with Crippen molar-refractivity contribution in [1.29, 1.82) is 0 Å². The summed E-state index contributed by atoms with van der Waals surface area (Å²) in [6.07, 6.45) is 0. The number of carbonyl (C=O) groups is 2. The molecule has 0 heterocycles. The molecule has 0 radical (unpaired) electrons. The molecule has 0 saturated carbocycles. The number of nitrogens with one attached hydrogen (secondary N) is 1. The lowest BCUT2D eigenvalue weighted by molar-refractivity contribution is 0.0526. The summed E-state index contributed by atoms with van der Waals surface area (Å²) in [4.78, 5) is 23.3. The summed E-state index contributed by atoms with van der Waals surface area (Å²) >= 11 is 0. The molecule has 166 valence electrons. The number of ether oxygens (including phenoxy) is 2. The van der Waals surface area contributed by atoms with Crippen molar-refractivity contribution in [3.05, 3.63) is 89.5 Å². The third kappa shape index (κ3) is 5.86. The smallest absolute Gasteiger partial charge is 0.338 e. The van der Waals surface area contributed by atoms with E-state index in [4.69, 9.17) is 9.47 Å². The number of esters is 1. The monoisotopic (exact) mass is 455 g/mol. The Balaban J connectivity index is 1.78. The predicted octanol–water partition coefficient (Wildman–Crippen LogP) is 3.94. The fourth-order valence-electron chi connectivity index (χ4n) is 2.81. The van der Waals surface area contributed by atoms with Crippen molar-refractivity contribution in [3.63, 3.8) is 0 Å². The number of carboxylic acid groups (broad SMARTS) is 1. The summed E-state index contributed by atoms with van der Waals surface area (Å²) in [5, 5.41) is 9.28. The van der Waals surface area contributed by atoms with Gasteiger partial charge in [0.1, 0.15) is 12.4 Å². The van der Waals surface area contributed by atoms with Crippen molar-refractivity contribution >= 4 is 27.6 Å². The van der Waals surface area contributed by atoms with Gasteiger partial charge in [-0.25, -0.2) is 18.0 Å². The van der Waals surface area contributed by atoms with E-state index in [1.165, 1.54) is 30.3 Å². The van der Waals surface area contributed by atoms with Crippen molar-refractivity contribution < 1.29 is 32.6 Å². The summed E-state index contributed by atoms with van der Waals surface area (Å²) in [6, 6.07) is 18.8. The molecule has 2 N–H and O–H groups in total. The second kappa shape index (κ2) is 9.97. The largest absolute Gasteiger partial charge is 0.489 e. The maximum atomic E-state index is 12.8. The van der Waals surface area contributed by atoms with Crippen molar-refractivity contribution in [3.8, 4) is 5.75 Å². The predicted molar refractivity (Wildman–Crippen MR) is 117 cm³/mol. The Hall–Kier alpha value is -3.85. The molecule has 3 aromatic carbocycles. The first-order chi connectivity index (χ1) is 15.3. The van der Waals surface area contributed by atoms with Gasteiger partial charge in [0, 0.05) is 0 Å². The van der Waals surface area contributed by atoms with Gasteiger partial charge in [-0.3, -0.25) is 4.72 Å². The zero-order valence-corrected chi connectivity index (χ0v) is 18.0. The van der Waals surface area contributed by atoms with E-state index in [9.17, 15) is 23.1 Å². The first-order valence-corrected chi connectivity index (χ1v) is 11.1. The Kier molecular flexibility index (Phi) is 7.11. The number of benzene rings is 3. The van der Waals surface area contributed by atoms with E-state index >= 15 is 0 Å². The Morgan fingerprint density at radius 2 is 1.59 bits per heavy atom. The van der Waals surface area contributed by atoms with Gasteiger partial charge < -0.3 is 14.6 Å². The second-order valence-electron chi connectivity index (χ2n) is 6.68. The molecule has 8 nitrogen and oxygen atoms in total. The number of hydrogen-bond acceptors (Lipinski definition) is 6. The molecule has 0 bridgehead atoms. The highest BCUT2D eigenvalue weighted by atomic mass is 32.2. The van der Waals surface area contributed by atoms with E-state index in [-0.39, 0.29) is 28.3 Å². The Bertz CT molecular complexity index is 1210. The number of carbonyl (C=O) groups excluding carboxylic acids is 1. The molecule has 0 saturated heterocycles. The molecule has 0 amide bonds. The molecule has 9 heteroatoms. The summed E-state index contributed by atoms with van der Waals surface area (Å²) < 4.78 is 38.4. The Labute approximate surface area is 185 Å². The summed E-state index contributed by atoms with van der Waals surface area (Å²) in [5.41, 5.74) is 0.575. The van der Waals surface area contributed by atoms with Crippen molar-refractivity contribution in [2.75, 3.05) is 11.3 Å². The third-order valence-electron chi connectivity index (χ3n) is 4.33. The quantitative estimate of drug-likeness (QED) is 0.469. The minimum absolute atomic E-state index is 0.0528. The van der Waals surface area contributed by atoms with Gasteiger partial charge in [0.15, 0.2) is 0 Å². The molecule has 0 fully saturated rings. The summed E-state index contributed by atoms with van der Waals surface area (Å²) in [7, 11) is -4.05. The highest BCUT2D eigenvalue weighted by Gasteiger charge is 2.18. The van der Waals surface area contributed by atoms with E-state index in [1.807, 2.05) is 30.3 Å². The van der Waals surface area contributed by atoms with Gasteiger partial charge in [-0.2, -0.15) is 0 Å². The molecule has 0 spiro atoms. The molecule has 32 heavy (non-hydrogen) atoms. The Morgan fingerprint density at radius 3 is 2.22 bits per heavy atom. The van der Waals surface area contributed by atoms with Crippen molar-refractivity contribution in [2.45, 2.75) is 18.4 Å². The number of sulfonamides is 1. The van der Waals surface area contributed by atoms with Crippen LogP contribution in [0.25, 0.3) is 0 Å². The van der Waals surface area contributed by atoms with Crippen LogP contribution in [0.3, 0.4) is 0 Å². The average molecular weight is 455 g/mol. The maximum absolute atomic E-state index is 12.8. The van der Waals surface area contributed by atoms with Crippen LogP contribution in [0, 0.1) is 0 Å². The Morgan fingerprint density at radius 1 is 0.938 bits per heavy atom. The van der Waals surface area contributed by atoms with Crippen LogP contribution in [0.15, 0.2) is 77.7 Å². The van der Waals surface area contributed by atoms with Gasteiger partial charge in [0.25, 0.3) is 10.0 Å². The number of carboxylic acids is 1. The van der Waals surface area contributed by atoms with Gasteiger partial charge >= 0.3 is 11.9 Å². The number of anilines is 1. The second-order valence-corrected chi connectivity index (χ2v) is 8.36. The van der Waals surface area contributed by atoms with Crippen LogP contribution in [0.5, 0.6) is 5.75 Å². The normalized spacial score (nSPS) is 10.9. The molecular formula is C23H21NO7S. The van der Waals surface area contributed by atoms with Crippen LogP contribution in [0.2, 0.25) is 0 Å². The topological polar surface area (TPSA) is 119 Å². The molecule has 0 aliphatic carbocycles. The first-order valence-electron chi connectivity index (χ1n) is 9.63. The SMILES string of the molecule is CCOC(=O)c1cc(NS(=O)(=O)c2ccc(OCc3ccccc3)cc2)cc(C(=O)O)c1. The van der Waals surface area contributed by atoms with E-state index in [1.54, 1.807) is 6.92 Å². The fraction of sp³-hybridized carbons (Fsp3) is 0.130. The van der Waals surface area contributed by atoms with Crippen molar-refractivity contribution in [2.24, 2.45) is 0 Å². The van der Waals surface area contributed by atoms with E-state index in [0.717, 1.165) is 17.7 Å². The van der Waals surface area contributed by atoms with E-state index in [2.05, 4.69) is 4.72 Å². The molecular weight excluding hydrogens is 434 g/mol. The molecule has 0 aromatic heterocycles. The zero-order chi connectivity index (χ0) is 23.1. The van der Waals surface area contributed by atoms with Crippen LogP contribution in [-0.2, 0) is 21.4 Å². The van der Waals surface area contributed by atoms with Crippen LogP contribution < -0.4 is 9.46 Å². The maximum Gasteiger partial charge on any atom is 0.338 e. The number of hydrogen-bond donors (Lipinski definition) is 2. The van der Waals surface area contributed by atoms with Crippen LogP contribution >= 0.6 is 0 Å². The molecule has 3 rings (SSSR count). The summed E-state index contributed by atoms with van der Waals surface area (Å²) in [6.45, 7) is 2.04. The minimum Gasteiger partial charge on any atom is -0.489 e. The zero-order valence-electron chi connectivity index (χ0n) is 17.1. The number of aromatic carboxylic acids is 1.